The van der Waals surface area contributed by atoms with Gasteiger partial charge in [-0.3, -0.25) is 0 Å². The fourth-order valence-electron chi connectivity index (χ4n) is 0.964. The molecule has 1 amide bonds. The predicted molar refractivity (Wildman–Crippen MR) is 127 cm³/mol. The minimum absolute atomic E-state index is 0. The molecule has 27 heavy (non-hydrogen) atoms. The molecule has 0 radical (unpaired) electrons. The first-order chi connectivity index (χ1) is 11.1. The van der Waals surface area contributed by atoms with Gasteiger partial charge in [-0.25, -0.2) is 0 Å². The number of amides is 1. The van der Waals surface area contributed by atoms with E-state index in [-0.39, 0.29) is 59.6 Å². The molecule has 0 aliphatic carbocycles. The largest absolute Gasteiger partial charge is 2.00 e. The van der Waals surface area contributed by atoms with Crippen LogP contribution in [0.25, 0.3) is 0 Å². The number of nitrogens with two attached hydrogens (primary N) is 1. The zero-order valence-electron chi connectivity index (χ0n) is 16.5. The molecule has 0 saturated heterocycles. The second-order valence-corrected chi connectivity index (χ2v) is 7.19. The smallest absolute Gasteiger partial charge is 0.719 e. The summed E-state index contributed by atoms with van der Waals surface area (Å²) in [5, 5.41) is 8.67. The van der Waals surface area contributed by atoms with Crippen molar-refractivity contribution in [2.45, 2.75) is 34.6 Å². The van der Waals surface area contributed by atoms with E-state index in [1.807, 2.05) is 44.4 Å². The SMILES string of the molecule is CCN(CC)C(=S)[S-].CCN(CC)C(=S)[S-].CCS[S-].NC(=O)[O-].[Fe+2].[Mg+2].[Zn+2]. The number of carbonyl (C=O) groups excluding carboxylic acids is 1. The molecule has 0 bridgehead atoms. The number of carboxylic acid groups (broad SMARTS) is 1. The van der Waals surface area contributed by atoms with E-state index in [2.05, 4.69) is 17.4 Å². The van der Waals surface area contributed by atoms with Crippen LogP contribution in [0.5, 0.6) is 0 Å². The van der Waals surface area contributed by atoms with Crippen LogP contribution >= 0.6 is 35.2 Å². The number of carbonyl (C=O) groups is 1. The second-order valence-electron chi connectivity index (χ2n) is 3.60. The monoisotopic (exact) mass is 593 g/mol. The van der Waals surface area contributed by atoms with Crippen molar-refractivity contribution < 1.29 is 46.4 Å². The van der Waals surface area contributed by atoms with Crippen LogP contribution in [0.2, 0.25) is 0 Å². The first-order valence-corrected chi connectivity index (χ1v) is 10.8. The predicted octanol–water partition coefficient (Wildman–Crippen LogP) is 1.42. The van der Waals surface area contributed by atoms with Crippen LogP contribution in [-0.2, 0) is 73.5 Å². The molecule has 0 aromatic rings. The first kappa shape index (κ1) is 47.0. The van der Waals surface area contributed by atoms with Crippen LogP contribution in [0.3, 0.4) is 0 Å². The quantitative estimate of drug-likeness (QED) is 0.219. The summed E-state index contributed by atoms with van der Waals surface area (Å²) in [6, 6.07) is 0. The third-order valence-corrected chi connectivity index (χ3v) is 4.14. The Hall–Kier alpha value is 2.10. The van der Waals surface area contributed by atoms with Crippen molar-refractivity contribution in [3.8, 4) is 0 Å². The summed E-state index contributed by atoms with van der Waals surface area (Å²) >= 11 is 23.5. The molecule has 0 atom stereocenters. The van der Waals surface area contributed by atoms with E-state index in [0.717, 1.165) is 31.9 Å². The van der Waals surface area contributed by atoms with E-state index < -0.39 is 6.09 Å². The maximum absolute atomic E-state index is 8.67. The molecule has 0 heterocycles. The van der Waals surface area contributed by atoms with E-state index in [0.29, 0.717) is 8.64 Å². The van der Waals surface area contributed by atoms with Crippen LogP contribution in [0.4, 0.5) is 4.79 Å². The Balaban J connectivity index is -0.0000000399. The van der Waals surface area contributed by atoms with Gasteiger partial charge in [0, 0.05) is 26.2 Å². The Morgan fingerprint density at radius 2 is 1.11 bits per heavy atom. The van der Waals surface area contributed by atoms with E-state index in [1.165, 1.54) is 10.8 Å². The maximum atomic E-state index is 8.67. The molecule has 14 heteroatoms. The zero-order chi connectivity index (χ0) is 20.1. The fraction of sp³-hybridized carbons (Fsp3) is 0.769. The van der Waals surface area contributed by atoms with Crippen molar-refractivity contribution in [2.24, 2.45) is 5.73 Å². The van der Waals surface area contributed by atoms with Crippen molar-refractivity contribution in [3.05, 3.63) is 0 Å². The third kappa shape index (κ3) is 52.5. The summed E-state index contributed by atoms with van der Waals surface area (Å²) in [4.78, 5) is 12.6. The van der Waals surface area contributed by atoms with Gasteiger partial charge in [-0.15, -0.1) is 0 Å². The molecule has 0 fully saturated rings. The van der Waals surface area contributed by atoms with Gasteiger partial charge in [0.05, 0.1) is 0 Å². The standard InChI is InChI=1S/2C5H11NS2.C2H6S2.CH3NO2.Fe.Mg.Zn/c2*1-3-6(4-2)5(7)8;1-2-4-3;2-1(3)4;;;/h2*3-4H2,1-2H3,(H,7,8);3H,2H2,1H3;2H2,(H,3,4);;;/q;;;;3*+2/p-4. The minimum atomic E-state index is -1.58. The Kier molecular flexibility index (Phi) is 67.4. The van der Waals surface area contributed by atoms with Crippen LogP contribution in [-0.4, -0.2) is 79.5 Å². The van der Waals surface area contributed by atoms with E-state index in [9.17, 15) is 0 Å². The van der Waals surface area contributed by atoms with Gasteiger partial charge in [0.1, 0.15) is 6.09 Å². The Labute approximate surface area is 235 Å². The first-order valence-electron chi connectivity index (χ1n) is 7.22. The molecular weight excluding hydrogens is 568 g/mol. The van der Waals surface area contributed by atoms with Gasteiger partial charge in [-0.1, -0.05) is 15.6 Å². The Morgan fingerprint density at radius 1 is 0.963 bits per heavy atom. The number of hydrogen-bond donors (Lipinski definition) is 1. The molecule has 2 N–H and O–H groups in total. The van der Waals surface area contributed by atoms with E-state index in [4.69, 9.17) is 59.6 Å². The molecular formula is C13H27FeMgN3O2S6Zn+2. The molecule has 0 saturated carbocycles. The zero-order valence-corrected chi connectivity index (χ0v) is 26.9. The van der Waals surface area contributed by atoms with Gasteiger partial charge >= 0.3 is 59.6 Å². The molecule has 0 unspecified atom stereocenters. The van der Waals surface area contributed by atoms with Crippen molar-refractivity contribution >= 4 is 110 Å². The fourth-order valence-corrected chi connectivity index (χ4v) is 2.00. The van der Waals surface area contributed by atoms with Crippen LogP contribution in [0, 0.1) is 0 Å². The van der Waals surface area contributed by atoms with Gasteiger partial charge in [0.2, 0.25) is 0 Å². The molecule has 5 nitrogen and oxygen atoms in total. The molecule has 152 valence electrons. The van der Waals surface area contributed by atoms with Gasteiger partial charge < -0.3 is 97.6 Å². The van der Waals surface area contributed by atoms with Crippen LogP contribution in [0.1, 0.15) is 34.6 Å². The summed E-state index contributed by atoms with van der Waals surface area (Å²) < 4.78 is 1.16. The summed E-state index contributed by atoms with van der Waals surface area (Å²) in [5.74, 6) is 1.05. The van der Waals surface area contributed by atoms with Crippen molar-refractivity contribution in [1.82, 2.24) is 9.80 Å². The number of primary amides is 1. The number of rotatable bonds is 5. The molecule has 0 aliphatic heterocycles. The van der Waals surface area contributed by atoms with Crippen molar-refractivity contribution in [3.63, 3.8) is 0 Å². The molecule has 0 aromatic heterocycles. The van der Waals surface area contributed by atoms with Gasteiger partial charge in [0.25, 0.3) is 0 Å². The van der Waals surface area contributed by atoms with Gasteiger partial charge in [-0.2, -0.15) is 0 Å². The summed E-state index contributed by atoms with van der Waals surface area (Å²) in [5.41, 5.74) is 3.92. The molecule has 0 aromatic carbocycles. The average molecular weight is 595 g/mol. The summed E-state index contributed by atoms with van der Waals surface area (Å²) in [6.45, 7) is 13.9. The third-order valence-electron chi connectivity index (χ3n) is 2.16. The normalized spacial score (nSPS) is 7.19. The number of nitrogens with zero attached hydrogens (tertiary/aromatic N) is 2. The topological polar surface area (TPSA) is 72.6 Å². The molecule has 0 spiro atoms. The number of thiocarbonyl (C=S) groups is 2. The van der Waals surface area contributed by atoms with Gasteiger partial charge in [-0.05, 0) is 33.4 Å². The minimum Gasteiger partial charge on any atom is -0.719 e. The second kappa shape index (κ2) is 38.7. The number of hydrogen-bond acceptors (Lipinski definition) is 8. The average Bonchev–Trinajstić information content (AvgIpc) is 2.49. The molecule has 0 aliphatic rings. The van der Waals surface area contributed by atoms with E-state index >= 15 is 0 Å². The van der Waals surface area contributed by atoms with Crippen molar-refractivity contribution in [2.75, 3.05) is 31.9 Å². The van der Waals surface area contributed by atoms with E-state index in [1.54, 1.807) is 0 Å². The Morgan fingerprint density at radius 3 is 1.11 bits per heavy atom. The maximum Gasteiger partial charge on any atom is 2.00 e. The Bertz CT molecular complexity index is 304. The summed E-state index contributed by atoms with van der Waals surface area (Å²) in [7, 11) is 1.44. The molecule has 0 rings (SSSR count). The van der Waals surface area contributed by atoms with Crippen molar-refractivity contribution in [1.29, 1.82) is 0 Å². The van der Waals surface area contributed by atoms with Gasteiger partial charge in [0.15, 0.2) is 0 Å². The van der Waals surface area contributed by atoms with Crippen LogP contribution in [0.15, 0.2) is 0 Å². The van der Waals surface area contributed by atoms with Crippen LogP contribution < -0.4 is 10.8 Å². The summed E-state index contributed by atoms with van der Waals surface area (Å²) in [6.07, 6.45) is -1.58.